The second-order valence-electron chi connectivity index (χ2n) is 7.80. The number of imidazole rings is 1. The standard InChI is InChI=1S/C19H22ClN7O2/c1-19(2,3)29-18(28)26-8-6-25(7-9-26)17-22-10-13(11-23-17)14-12-21-16-5-4-15(20)24-27(14)16/h4-5,10-12H,6-9H2,1-3H3. The summed E-state index contributed by atoms with van der Waals surface area (Å²) in [4.78, 5) is 29.3. The van der Waals surface area contributed by atoms with Crippen molar-refractivity contribution in [2.24, 2.45) is 0 Å². The van der Waals surface area contributed by atoms with Gasteiger partial charge in [0.25, 0.3) is 0 Å². The van der Waals surface area contributed by atoms with Crippen molar-refractivity contribution in [3.05, 3.63) is 35.9 Å². The molecule has 0 spiro atoms. The topological polar surface area (TPSA) is 88.8 Å². The van der Waals surface area contributed by atoms with Gasteiger partial charge in [-0.15, -0.1) is 0 Å². The Morgan fingerprint density at radius 2 is 1.72 bits per heavy atom. The fourth-order valence-corrected chi connectivity index (χ4v) is 3.22. The van der Waals surface area contributed by atoms with Crippen LogP contribution >= 0.6 is 11.6 Å². The lowest BCUT2D eigenvalue weighted by molar-refractivity contribution is 0.0240. The number of piperazine rings is 1. The molecule has 4 heterocycles. The van der Waals surface area contributed by atoms with Crippen LogP contribution in [0.3, 0.4) is 0 Å². The van der Waals surface area contributed by atoms with Crippen LogP contribution in [0.25, 0.3) is 16.9 Å². The second-order valence-corrected chi connectivity index (χ2v) is 8.18. The number of carbonyl (C=O) groups is 1. The van der Waals surface area contributed by atoms with Crippen molar-refractivity contribution in [3.8, 4) is 11.3 Å². The summed E-state index contributed by atoms with van der Waals surface area (Å²) in [6.45, 7) is 8.01. The number of halogens is 1. The summed E-state index contributed by atoms with van der Waals surface area (Å²) in [6.07, 6.45) is 4.92. The molecule has 0 bridgehead atoms. The summed E-state index contributed by atoms with van der Waals surface area (Å²) >= 11 is 6.00. The SMILES string of the molecule is CC(C)(C)OC(=O)N1CCN(c2ncc(-c3cnc4ccc(Cl)nn34)cn2)CC1. The van der Waals surface area contributed by atoms with E-state index in [1.54, 1.807) is 40.1 Å². The molecular weight excluding hydrogens is 394 g/mol. The molecule has 0 aliphatic carbocycles. The predicted molar refractivity (Wildman–Crippen MR) is 109 cm³/mol. The van der Waals surface area contributed by atoms with Gasteiger partial charge in [-0.25, -0.2) is 24.3 Å². The average molecular weight is 416 g/mol. The van der Waals surface area contributed by atoms with Crippen LogP contribution in [0.15, 0.2) is 30.7 Å². The van der Waals surface area contributed by atoms with Gasteiger partial charge >= 0.3 is 6.09 Å². The summed E-state index contributed by atoms with van der Waals surface area (Å²) in [5.74, 6) is 0.623. The number of nitrogens with zero attached hydrogens (tertiary/aromatic N) is 7. The molecule has 1 saturated heterocycles. The quantitative estimate of drug-likeness (QED) is 0.635. The molecule has 9 nitrogen and oxygen atoms in total. The first-order valence-corrected chi connectivity index (χ1v) is 9.73. The Morgan fingerprint density at radius 3 is 2.38 bits per heavy atom. The third-order valence-corrected chi connectivity index (χ3v) is 4.68. The lowest BCUT2D eigenvalue weighted by atomic mass is 10.2. The minimum Gasteiger partial charge on any atom is -0.444 e. The van der Waals surface area contributed by atoms with E-state index in [9.17, 15) is 4.79 Å². The van der Waals surface area contributed by atoms with Crippen molar-refractivity contribution in [2.45, 2.75) is 26.4 Å². The first kappa shape index (κ1) is 19.4. The van der Waals surface area contributed by atoms with E-state index in [-0.39, 0.29) is 6.09 Å². The number of ether oxygens (including phenoxy) is 1. The van der Waals surface area contributed by atoms with Crippen LogP contribution in [0.5, 0.6) is 0 Å². The first-order chi connectivity index (χ1) is 13.8. The van der Waals surface area contributed by atoms with Crippen LogP contribution in [0.1, 0.15) is 20.8 Å². The fraction of sp³-hybridized carbons (Fsp3) is 0.421. The maximum absolute atomic E-state index is 12.2. The van der Waals surface area contributed by atoms with E-state index in [1.165, 1.54) is 0 Å². The zero-order valence-electron chi connectivity index (χ0n) is 16.5. The molecule has 1 aliphatic heterocycles. The highest BCUT2D eigenvalue weighted by atomic mass is 35.5. The number of amides is 1. The number of carbonyl (C=O) groups excluding carboxylic acids is 1. The number of aromatic nitrogens is 5. The molecule has 1 fully saturated rings. The fourth-order valence-electron chi connectivity index (χ4n) is 3.08. The van der Waals surface area contributed by atoms with Crippen LogP contribution in [-0.2, 0) is 4.74 Å². The number of hydrogen-bond donors (Lipinski definition) is 0. The summed E-state index contributed by atoms with van der Waals surface area (Å²) in [7, 11) is 0. The molecule has 4 rings (SSSR count). The Bertz CT molecular complexity index is 1020. The van der Waals surface area contributed by atoms with Gasteiger partial charge in [-0.05, 0) is 32.9 Å². The predicted octanol–water partition coefficient (Wildman–Crippen LogP) is 2.90. The molecule has 10 heteroatoms. The Morgan fingerprint density at radius 1 is 1.03 bits per heavy atom. The third-order valence-electron chi connectivity index (χ3n) is 4.48. The summed E-state index contributed by atoms with van der Waals surface area (Å²) < 4.78 is 7.10. The normalized spacial score (nSPS) is 15.0. The number of anilines is 1. The van der Waals surface area contributed by atoms with E-state index < -0.39 is 5.60 Å². The molecule has 1 aliphatic rings. The van der Waals surface area contributed by atoms with Gasteiger partial charge in [0.1, 0.15) is 10.8 Å². The van der Waals surface area contributed by atoms with Gasteiger partial charge in [-0.1, -0.05) is 11.6 Å². The van der Waals surface area contributed by atoms with Crippen LogP contribution in [0, 0.1) is 0 Å². The minimum absolute atomic E-state index is 0.285. The zero-order valence-corrected chi connectivity index (χ0v) is 17.3. The Hall–Kier alpha value is -2.94. The summed E-state index contributed by atoms with van der Waals surface area (Å²) in [5, 5.41) is 4.66. The van der Waals surface area contributed by atoms with E-state index in [1.807, 2.05) is 25.7 Å². The molecular formula is C19H22ClN7O2. The molecule has 0 N–H and O–H groups in total. The lowest BCUT2D eigenvalue weighted by Gasteiger charge is -2.35. The molecule has 0 aromatic carbocycles. The van der Waals surface area contributed by atoms with E-state index >= 15 is 0 Å². The number of fused-ring (bicyclic) bond motifs is 1. The smallest absolute Gasteiger partial charge is 0.410 e. The van der Waals surface area contributed by atoms with E-state index in [0.717, 1.165) is 11.3 Å². The monoisotopic (exact) mass is 415 g/mol. The van der Waals surface area contributed by atoms with E-state index in [0.29, 0.717) is 42.9 Å². The van der Waals surface area contributed by atoms with Crippen LogP contribution < -0.4 is 4.90 Å². The van der Waals surface area contributed by atoms with Crippen LogP contribution in [0.4, 0.5) is 10.7 Å². The van der Waals surface area contributed by atoms with Gasteiger partial charge < -0.3 is 14.5 Å². The average Bonchev–Trinajstić information content (AvgIpc) is 3.10. The van der Waals surface area contributed by atoms with Crippen molar-refractivity contribution < 1.29 is 9.53 Å². The van der Waals surface area contributed by atoms with Crippen molar-refractivity contribution in [2.75, 3.05) is 31.1 Å². The van der Waals surface area contributed by atoms with Crippen molar-refractivity contribution in [3.63, 3.8) is 0 Å². The molecule has 3 aromatic rings. The molecule has 152 valence electrons. The van der Waals surface area contributed by atoms with Crippen molar-refractivity contribution in [1.82, 2.24) is 29.5 Å². The molecule has 0 saturated carbocycles. The van der Waals surface area contributed by atoms with Gasteiger partial charge in [0, 0.05) is 44.1 Å². The first-order valence-electron chi connectivity index (χ1n) is 9.36. The van der Waals surface area contributed by atoms with Gasteiger partial charge in [-0.3, -0.25) is 0 Å². The maximum Gasteiger partial charge on any atom is 0.410 e. The van der Waals surface area contributed by atoms with Gasteiger partial charge in [0.15, 0.2) is 5.65 Å². The molecule has 0 atom stereocenters. The second kappa shape index (κ2) is 7.47. The van der Waals surface area contributed by atoms with Crippen molar-refractivity contribution in [1.29, 1.82) is 0 Å². The van der Waals surface area contributed by atoms with Gasteiger partial charge in [0.05, 0.1) is 11.9 Å². The highest BCUT2D eigenvalue weighted by Crippen LogP contribution is 2.21. The maximum atomic E-state index is 12.2. The largest absolute Gasteiger partial charge is 0.444 e. The molecule has 0 radical (unpaired) electrons. The highest BCUT2D eigenvalue weighted by Gasteiger charge is 2.26. The number of hydrogen-bond acceptors (Lipinski definition) is 7. The highest BCUT2D eigenvalue weighted by molar-refractivity contribution is 6.29. The van der Waals surface area contributed by atoms with E-state index in [4.69, 9.17) is 16.3 Å². The minimum atomic E-state index is -0.496. The van der Waals surface area contributed by atoms with Crippen LogP contribution in [-0.4, -0.2) is 67.3 Å². The zero-order chi connectivity index (χ0) is 20.6. The van der Waals surface area contributed by atoms with Gasteiger partial charge in [-0.2, -0.15) is 5.10 Å². The molecule has 3 aromatic heterocycles. The molecule has 1 amide bonds. The van der Waals surface area contributed by atoms with Crippen molar-refractivity contribution >= 4 is 29.3 Å². The lowest BCUT2D eigenvalue weighted by Crippen LogP contribution is -2.50. The van der Waals surface area contributed by atoms with Gasteiger partial charge in [0.2, 0.25) is 5.95 Å². The Kier molecular flexibility index (Phi) is 4.99. The summed E-state index contributed by atoms with van der Waals surface area (Å²) in [6, 6.07) is 3.50. The number of rotatable bonds is 2. The van der Waals surface area contributed by atoms with E-state index in [2.05, 4.69) is 20.1 Å². The molecule has 29 heavy (non-hydrogen) atoms. The third kappa shape index (κ3) is 4.24. The Balaban J connectivity index is 1.44. The Labute approximate surface area is 173 Å². The molecule has 0 unspecified atom stereocenters. The van der Waals surface area contributed by atoms with Crippen LogP contribution in [0.2, 0.25) is 5.15 Å². The summed E-state index contributed by atoms with van der Waals surface area (Å²) in [5.41, 5.74) is 1.77.